The van der Waals surface area contributed by atoms with Gasteiger partial charge in [0.25, 0.3) is 10.0 Å². The van der Waals surface area contributed by atoms with E-state index in [9.17, 15) is 26.4 Å². The van der Waals surface area contributed by atoms with Crippen molar-refractivity contribution in [1.82, 2.24) is 3.97 Å². The fraction of sp³-hybridized carbons (Fsp3) is 0.0833. The number of hydrogen-bond donors (Lipinski definition) is 0. The summed E-state index contributed by atoms with van der Waals surface area (Å²) in [4.78, 5) is 10.5. The number of benzene rings is 1. The van der Waals surface area contributed by atoms with E-state index in [1.165, 1.54) is 18.3 Å². The van der Waals surface area contributed by atoms with E-state index in [1.54, 1.807) is 0 Å². The van der Waals surface area contributed by atoms with E-state index in [4.69, 9.17) is 0 Å². The Kier molecular flexibility index (Phi) is 3.77. The molecule has 9 heteroatoms. The van der Waals surface area contributed by atoms with E-state index >= 15 is 0 Å². The van der Waals surface area contributed by atoms with Crippen molar-refractivity contribution in [2.45, 2.75) is 11.3 Å². The Balaban J connectivity index is 2.36. The third-order valence-electron chi connectivity index (χ3n) is 2.48. The number of nitrogens with zero attached hydrogens (tertiary/aromatic N) is 1. The molecule has 112 valence electrons. The van der Waals surface area contributed by atoms with Crippen molar-refractivity contribution in [3.05, 3.63) is 48.3 Å². The lowest BCUT2D eigenvalue weighted by atomic mass is 10.3. The van der Waals surface area contributed by atoms with E-state index in [1.807, 2.05) is 0 Å². The maximum atomic E-state index is 12.2. The highest BCUT2D eigenvalue weighted by molar-refractivity contribution is 7.90. The molecule has 0 aliphatic rings. The summed E-state index contributed by atoms with van der Waals surface area (Å²) in [5.41, 5.74) is -0.0920. The van der Waals surface area contributed by atoms with Crippen molar-refractivity contribution in [1.29, 1.82) is 0 Å². The van der Waals surface area contributed by atoms with Crippen LogP contribution in [-0.4, -0.2) is 25.0 Å². The first-order valence-electron chi connectivity index (χ1n) is 5.48. The lowest BCUT2D eigenvalue weighted by Crippen LogP contribution is -2.17. The van der Waals surface area contributed by atoms with Gasteiger partial charge in [0.15, 0.2) is 6.29 Å². The molecule has 0 saturated heterocycles. The molecule has 0 saturated carbocycles. The van der Waals surface area contributed by atoms with E-state index < -0.39 is 22.1 Å². The molecule has 0 radical (unpaired) electrons. The minimum atomic E-state index is -4.86. The van der Waals surface area contributed by atoms with E-state index in [0.29, 0.717) is 6.29 Å². The van der Waals surface area contributed by atoms with Gasteiger partial charge in [0.2, 0.25) is 0 Å². The number of aldehydes is 1. The molecule has 0 N–H and O–H groups in total. The molecule has 0 unspecified atom stereocenters. The first-order valence-corrected chi connectivity index (χ1v) is 6.92. The average Bonchev–Trinajstić information content (AvgIpc) is 2.86. The summed E-state index contributed by atoms with van der Waals surface area (Å²) in [5.74, 6) is -0.537. The minimum absolute atomic E-state index is 0.0920. The largest absolute Gasteiger partial charge is 0.573 e. The van der Waals surface area contributed by atoms with Gasteiger partial charge < -0.3 is 4.74 Å². The van der Waals surface area contributed by atoms with Crippen LogP contribution in [0.2, 0.25) is 0 Å². The zero-order chi connectivity index (χ0) is 15.7. The Bertz CT molecular complexity index is 748. The SMILES string of the molecule is O=Cc1cccn1S(=O)(=O)c1ccc(OC(F)(F)F)cc1. The van der Waals surface area contributed by atoms with Crippen molar-refractivity contribution >= 4 is 16.3 Å². The number of carbonyl (C=O) groups is 1. The standard InChI is InChI=1S/C12H8F3NO4S/c13-12(14,15)20-10-3-5-11(6-4-10)21(18,19)16-7-1-2-9(16)8-17/h1-8H. The molecule has 1 heterocycles. The highest BCUT2D eigenvalue weighted by Crippen LogP contribution is 2.24. The predicted molar refractivity (Wildman–Crippen MR) is 65.5 cm³/mol. The Morgan fingerprint density at radius 1 is 1.10 bits per heavy atom. The number of ether oxygens (including phenoxy) is 1. The quantitative estimate of drug-likeness (QED) is 0.812. The number of rotatable bonds is 4. The van der Waals surface area contributed by atoms with Crippen molar-refractivity contribution in [3.8, 4) is 5.75 Å². The normalized spacial score (nSPS) is 12.1. The molecule has 0 aliphatic heterocycles. The molecule has 1 aromatic heterocycles. The van der Waals surface area contributed by atoms with E-state index in [-0.39, 0.29) is 10.6 Å². The Labute approximate surface area is 117 Å². The molecule has 0 amide bonds. The first kappa shape index (κ1) is 15.1. The van der Waals surface area contributed by atoms with Gasteiger partial charge in [0.05, 0.1) is 10.6 Å². The van der Waals surface area contributed by atoms with Crippen LogP contribution in [0.1, 0.15) is 10.5 Å². The van der Waals surface area contributed by atoms with Crippen LogP contribution in [0.3, 0.4) is 0 Å². The van der Waals surface area contributed by atoms with Gasteiger partial charge in [-0.1, -0.05) is 0 Å². The van der Waals surface area contributed by atoms with Crippen molar-refractivity contribution < 1.29 is 31.1 Å². The second-order valence-corrected chi connectivity index (χ2v) is 5.69. The summed E-state index contributed by atoms with van der Waals surface area (Å²) >= 11 is 0. The predicted octanol–water partition coefficient (Wildman–Crippen LogP) is 2.44. The maximum absolute atomic E-state index is 12.2. The minimum Gasteiger partial charge on any atom is -0.406 e. The van der Waals surface area contributed by atoms with Crippen LogP contribution in [0.5, 0.6) is 5.75 Å². The van der Waals surface area contributed by atoms with Gasteiger partial charge >= 0.3 is 6.36 Å². The summed E-state index contributed by atoms with van der Waals surface area (Å²) in [7, 11) is -4.05. The van der Waals surface area contributed by atoms with Crippen molar-refractivity contribution in [2.24, 2.45) is 0 Å². The molecule has 21 heavy (non-hydrogen) atoms. The van der Waals surface area contributed by atoms with Crippen LogP contribution in [0.25, 0.3) is 0 Å². The number of hydrogen-bond acceptors (Lipinski definition) is 4. The molecule has 0 atom stereocenters. The molecule has 0 bridgehead atoms. The summed E-state index contributed by atoms with van der Waals surface area (Å²) in [6.07, 6.45) is -3.33. The Morgan fingerprint density at radius 2 is 1.71 bits per heavy atom. The highest BCUT2D eigenvalue weighted by Gasteiger charge is 2.31. The van der Waals surface area contributed by atoms with Crippen LogP contribution in [0.4, 0.5) is 13.2 Å². The summed E-state index contributed by atoms with van der Waals surface area (Å²) in [6, 6.07) is 6.35. The lowest BCUT2D eigenvalue weighted by molar-refractivity contribution is -0.274. The highest BCUT2D eigenvalue weighted by atomic mass is 32.2. The van der Waals surface area contributed by atoms with Crippen LogP contribution >= 0.6 is 0 Å². The molecule has 2 aromatic rings. The molecule has 2 rings (SSSR count). The number of alkyl halides is 3. The van der Waals surface area contributed by atoms with Gasteiger partial charge in [-0.15, -0.1) is 13.2 Å². The van der Waals surface area contributed by atoms with Crippen molar-refractivity contribution in [2.75, 3.05) is 0 Å². The molecule has 5 nitrogen and oxygen atoms in total. The summed E-state index contributed by atoms with van der Waals surface area (Å²) in [5, 5.41) is 0. The Morgan fingerprint density at radius 3 is 2.24 bits per heavy atom. The van der Waals surface area contributed by atoms with Crippen LogP contribution in [-0.2, 0) is 10.0 Å². The fourth-order valence-corrected chi connectivity index (χ4v) is 2.94. The van der Waals surface area contributed by atoms with E-state index in [2.05, 4.69) is 4.74 Å². The zero-order valence-corrected chi connectivity index (χ0v) is 11.1. The maximum Gasteiger partial charge on any atom is 0.573 e. The second-order valence-electron chi connectivity index (χ2n) is 3.87. The average molecular weight is 319 g/mol. The number of carbonyl (C=O) groups excluding carboxylic acids is 1. The topological polar surface area (TPSA) is 65.4 Å². The molecule has 0 spiro atoms. The van der Waals surface area contributed by atoms with Crippen molar-refractivity contribution in [3.63, 3.8) is 0 Å². The fourth-order valence-electron chi connectivity index (χ4n) is 1.62. The number of halogens is 3. The summed E-state index contributed by atoms with van der Waals surface area (Å²) < 4.78 is 64.9. The second kappa shape index (κ2) is 5.24. The van der Waals surface area contributed by atoms with Gasteiger partial charge in [-0.2, -0.15) is 0 Å². The van der Waals surface area contributed by atoms with Crippen LogP contribution in [0, 0.1) is 0 Å². The molecular formula is C12H8F3NO4S. The van der Waals surface area contributed by atoms with E-state index in [0.717, 1.165) is 28.2 Å². The van der Waals surface area contributed by atoms with Gasteiger partial charge in [0.1, 0.15) is 5.75 Å². The first-order chi connectivity index (χ1) is 9.74. The molecular weight excluding hydrogens is 311 g/mol. The van der Waals surface area contributed by atoms with Gasteiger partial charge in [-0.3, -0.25) is 4.79 Å². The zero-order valence-electron chi connectivity index (χ0n) is 10.2. The smallest absolute Gasteiger partial charge is 0.406 e. The Hall–Kier alpha value is -2.29. The number of aromatic nitrogens is 1. The lowest BCUT2D eigenvalue weighted by Gasteiger charge is -2.10. The van der Waals surface area contributed by atoms with Gasteiger partial charge in [0, 0.05) is 6.20 Å². The molecule has 0 aliphatic carbocycles. The molecule has 0 fully saturated rings. The third-order valence-corrected chi connectivity index (χ3v) is 4.20. The summed E-state index contributed by atoms with van der Waals surface area (Å²) in [6.45, 7) is 0. The van der Waals surface area contributed by atoms with Crippen LogP contribution in [0.15, 0.2) is 47.5 Å². The molecule has 1 aromatic carbocycles. The monoisotopic (exact) mass is 319 g/mol. The van der Waals surface area contributed by atoms with Gasteiger partial charge in [-0.05, 0) is 36.4 Å². The van der Waals surface area contributed by atoms with Gasteiger partial charge in [-0.25, -0.2) is 12.4 Å². The third kappa shape index (κ3) is 3.24. The van der Waals surface area contributed by atoms with Crippen LogP contribution < -0.4 is 4.74 Å².